The molecule has 9 nitrogen and oxygen atoms in total. The van der Waals surface area contributed by atoms with Gasteiger partial charge in [-0.2, -0.15) is 0 Å². The van der Waals surface area contributed by atoms with Gasteiger partial charge in [0.05, 0.1) is 25.4 Å². The van der Waals surface area contributed by atoms with Gasteiger partial charge in [0.15, 0.2) is 6.29 Å². The van der Waals surface area contributed by atoms with Gasteiger partial charge in [-0.15, -0.1) is 0 Å². The Kier molecular flexibility index (Phi) is 43.3. The molecule has 1 heterocycles. The van der Waals surface area contributed by atoms with E-state index in [1.54, 1.807) is 0 Å². The molecule has 7 atom stereocenters. The summed E-state index contributed by atoms with van der Waals surface area (Å²) in [5, 5.41) is 54.6. The molecular weight excluding hydrogens is 827 g/mol. The predicted octanol–water partition coefficient (Wildman–Crippen LogP) is 12.9. The molecule has 1 rings (SSSR count). The zero-order chi connectivity index (χ0) is 48.0. The van der Waals surface area contributed by atoms with Gasteiger partial charge in [-0.3, -0.25) is 4.79 Å². The molecule has 1 aliphatic rings. The molecule has 0 aliphatic carbocycles. The smallest absolute Gasteiger partial charge is 0.220 e. The lowest BCUT2D eigenvalue weighted by atomic mass is 9.99. The number of carbonyl (C=O) groups is 1. The molecule has 0 spiro atoms. The Hall–Kier alpha value is -2.37. The van der Waals surface area contributed by atoms with Crippen molar-refractivity contribution in [1.82, 2.24) is 5.32 Å². The Morgan fingerprint density at radius 1 is 0.530 bits per heavy atom. The van der Waals surface area contributed by atoms with Crippen molar-refractivity contribution in [1.29, 1.82) is 0 Å². The maximum atomic E-state index is 13.0. The van der Waals surface area contributed by atoms with Crippen LogP contribution in [0.4, 0.5) is 0 Å². The lowest BCUT2D eigenvalue weighted by Crippen LogP contribution is -2.60. The highest BCUT2D eigenvalue weighted by Gasteiger charge is 2.44. The molecule has 0 bridgehead atoms. The van der Waals surface area contributed by atoms with Crippen molar-refractivity contribution < 1.29 is 39.8 Å². The van der Waals surface area contributed by atoms with Crippen molar-refractivity contribution >= 4 is 5.91 Å². The summed E-state index contributed by atoms with van der Waals surface area (Å²) in [6, 6.07) is -0.738. The zero-order valence-corrected chi connectivity index (χ0v) is 42.2. The first kappa shape index (κ1) is 61.6. The number of carbonyl (C=O) groups excluding carboxylic acids is 1. The fraction of sp³-hybridized carbons (Fsp3) is 0.772. The second-order valence-corrected chi connectivity index (χ2v) is 18.6. The first-order chi connectivity index (χ1) is 32.3. The molecule has 6 N–H and O–H groups in total. The number of hydrogen-bond donors (Lipinski definition) is 6. The van der Waals surface area contributed by atoms with E-state index < -0.39 is 49.5 Å². The van der Waals surface area contributed by atoms with Crippen LogP contribution in [0.1, 0.15) is 226 Å². The first-order valence-corrected chi connectivity index (χ1v) is 27.1. The number of ether oxygens (including phenoxy) is 2. The summed E-state index contributed by atoms with van der Waals surface area (Å²) in [4.78, 5) is 13.0. The van der Waals surface area contributed by atoms with Gasteiger partial charge >= 0.3 is 0 Å². The van der Waals surface area contributed by atoms with Crippen molar-refractivity contribution in [2.75, 3.05) is 13.2 Å². The molecule has 0 aromatic rings. The minimum Gasteiger partial charge on any atom is -0.394 e. The zero-order valence-electron chi connectivity index (χ0n) is 42.2. The van der Waals surface area contributed by atoms with Crippen molar-refractivity contribution in [3.63, 3.8) is 0 Å². The number of allylic oxidation sites excluding steroid dienone is 12. The molecule has 1 amide bonds. The molecule has 0 aromatic heterocycles. The topological polar surface area (TPSA) is 149 Å². The summed E-state index contributed by atoms with van der Waals surface area (Å²) < 4.78 is 11.3. The third-order valence-corrected chi connectivity index (χ3v) is 12.6. The minimum absolute atomic E-state index is 0.152. The highest BCUT2D eigenvalue weighted by molar-refractivity contribution is 5.76. The van der Waals surface area contributed by atoms with E-state index in [4.69, 9.17) is 9.47 Å². The van der Waals surface area contributed by atoms with Crippen LogP contribution in [-0.4, -0.2) is 87.5 Å². The molecule has 7 unspecified atom stereocenters. The van der Waals surface area contributed by atoms with Crippen LogP contribution in [0.15, 0.2) is 72.9 Å². The Morgan fingerprint density at radius 2 is 0.939 bits per heavy atom. The second-order valence-electron chi connectivity index (χ2n) is 18.6. The largest absolute Gasteiger partial charge is 0.394 e. The van der Waals surface area contributed by atoms with Gasteiger partial charge in [-0.05, 0) is 64.2 Å². The number of amides is 1. The molecule has 0 radical (unpaired) electrons. The van der Waals surface area contributed by atoms with E-state index in [0.717, 1.165) is 89.9 Å². The summed E-state index contributed by atoms with van der Waals surface area (Å²) in [7, 11) is 0. The maximum Gasteiger partial charge on any atom is 0.220 e. The highest BCUT2D eigenvalue weighted by atomic mass is 16.7. The minimum atomic E-state index is -1.56. The molecule has 1 aliphatic heterocycles. The van der Waals surface area contributed by atoms with Crippen LogP contribution in [0.2, 0.25) is 0 Å². The van der Waals surface area contributed by atoms with Gasteiger partial charge in [0, 0.05) is 6.42 Å². The molecule has 66 heavy (non-hydrogen) atoms. The summed E-state index contributed by atoms with van der Waals surface area (Å²) in [6.07, 6.45) is 56.2. The molecule has 1 fully saturated rings. The monoisotopic (exact) mass is 928 g/mol. The molecule has 0 aromatic carbocycles. The lowest BCUT2D eigenvalue weighted by Gasteiger charge is -2.40. The fourth-order valence-electron chi connectivity index (χ4n) is 8.28. The molecule has 382 valence electrons. The summed E-state index contributed by atoms with van der Waals surface area (Å²) in [5.41, 5.74) is 0. The van der Waals surface area contributed by atoms with Gasteiger partial charge in [-0.25, -0.2) is 0 Å². The lowest BCUT2D eigenvalue weighted by molar-refractivity contribution is -0.302. The van der Waals surface area contributed by atoms with Crippen LogP contribution in [0.5, 0.6) is 0 Å². The van der Waals surface area contributed by atoms with E-state index in [1.807, 2.05) is 0 Å². The van der Waals surface area contributed by atoms with Crippen LogP contribution in [-0.2, 0) is 14.3 Å². The number of nitrogens with one attached hydrogen (secondary N) is 1. The third-order valence-electron chi connectivity index (χ3n) is 12.6. The van der Waals surface area contributed by atoms with Gasteiger partial charge < -0.3 is 40.3 Å². The molecule has 0 saturated carbocycles. The molecule has 1 saturated heterocycles. The Bertz CT molecular complexity index is 1260. The number of aliphatic hydroxyl groups excluding tert-OH is 5. The quantitative estimate of drug-likeness (QED) is 0.0261. The van der Waals surface area contributed by atoms with Crippen LogP contribution in [0, 0.1) is 0 Å². The third kappa shape index (κ3) is 35.7. The van der Waals surface area contributed by atoms with Crippen LogP contribution in [0.25, 0.3) is 0 Å². The first-order valence-electron chi connectivity index (χ1n) is 27.1. The summed E-state index contributed by atoms with van der Waals surface area (Å²) in [6.45, 7) is 3.72. The van der Waals surface area contributed by atoms with Crippen molar-refractivity contribution in [3.8, 4) is 0 Å². The van der Waals surface area contributed by atoms with E-state index in [2.05, 4.69) is 92.1 Å². The van der Waals surface area contributed by atoms with E-state index in [9.17, 15) is 30.3 Å². The van der Waals surface area contributed by atoms with E-state index in [-0.39, 0.29) is 12.5 Å². The number of rotatable bonds is 45. The number of hydrogen-bond acceptors (Lipinski definition) is 8. The van der Waals surface area contributed by atoms with Crippen LogP contribution < -0.4 is 5.32 Å². The van der Waals surface area contributed by atoms with E-state index in [0.29, 0.717) is 12.8 Å². The molecule has 9 heteroatoms. The average molecular weight is 928 g/mol. The predicted molar refractivity (Wildman–Crippen MR) is 276 cm³/mol. The van der Waals surface area contributed by atoms with Crippen molar-refractivity contribution in [3.05, 3.63) is 72.9 Å². The van der Waals surface area contributed by atoms with Crippen LogP contribution >= 0.6 is 0 Å². The van der Waals surface area contributed by atoms with Crippen molar-refractivity contribution in [2.24, 2.45) is 0 Å². The Labute approximate surface area is 404 Å². The molecular formula is C57H101NO8. The van der Waals surface area contributed by atoms with Gasteiger partial charge in [0.2, 0.25) is 5.91 Å². The van der Waals surface area contributed by atoms with Crippen LogP contribution in [0.3, 0.4) is 0 Å². The fourth-order valence-corrected chi connectivity index (χ4v) is 8.28. The van der Waals surface area contributed by atoms with Gasteiger partial charge in [-0.1, -0.05) is 228 Å². The van der Waals surface area contributed by atoms with Crippen molar-refractivity contribution in [2.45, 2.75) is 269 Å². The second kappa shape index (κ2) is 46.4. The van der Waals surface area contributed by atoms with Gasteiger partial charge in [0.1, 0.15) is 24.4 Å². The standard InChI is InChI=1S/C57H101NO8/c1-3-5-7-9-11-13-15-17-19-21-23-25-26-27-29-31-33-35-37-39-41-43-45-47-53(61)58-50(49-65-57-56(64)55(63)54(62)52(48-59)66-57)51(60)46-44-42-40-38-36-34-32-30-28-24-22-20-18-16-14-12-10-8-6-4-2/h5,7,11,13,17,19,23,25,27,29,33,35,50-52,54-57,59-60,62-64H,3-4,6,8-10,12,14-16,18,20-22,24,26,28,30-32,34,36-49H2,1-2H3,(H,58,61)/b7-5-,13-11-,19-17-,25-23-,29-27-,35-33-. The Balaban J connectivity index is 2.28. The Morgan fingerprint density at radius 3 is 1.39 bits per heavy atom. The summed E-state index contributed by atoms with van der Waals surface area (Å²) in [5.74, 6) is -0.170. The maximum absolute atomic E-state index is 13.0. The summed E-state index contributed by atoms with van der Waals surface area (Å²) >= 11 is 0. The normalized spacial score (nSPS) is 20.4. The average Bonchev–Trinajstić information content (AvgIpc) is 3.32. The number of unbranched alkanes of at least 4 members (excludes halogenated alkanes) is 23. The SMILES string of the molecule is CC/C=C\C/C=C\C/C=C\C/C=C\C/C=C\C/C=C\CCCCCCC(=O)NC(COC1OC(CO)C(O)C(O)C1O)C(O)CCCCCCCCCCCCCCCCCCCCCC. The van der Waals surface area contributed by atoms with E-state index >= 15 is 0 Å². The van der Waals surface area contributed by atoms with Gasteiger partial charge in [0.25, 0.3) is 0 Å². The van der Waals surface area contributed by atoms with E-state index in [1.165, 1.54) is 109 Å². The highest BCUT2D eigenvalue weighted by Crippen LogP contribution is 2.23. The number of aliphatic hydroxyl groups is 5.